The Morgan fingerprint density at radius 2 is 1.82 bits per heavy atom. The quantitative estimate of drug-likeness (QED) is 0.463. The van der Waals surface area contributed by atoms with Gasteiger partial charge in [0, 0.05) is 18.0 Å². The van der Waals surface area contributed by atoms with Gasteiger partial charge in [-0.1, -0.05) is 29.8 Å². The third kappa shape index (κ3) is 4.26. The number of nitrogens with zero attached hydrogens (tertiary/aromatic N) is 4. The van der Waals surface area contributed by atoms with Gasteiger partial charge in [0.2, 0.25) is 11.9 Å². The number of benzene rings is 2. The van der Waals surface area contributed by atoms with Crippen molar-refractivity contribution in [1.82, 2.24) is 19.9 Å². The number of carbonyl (C=O) groups excluding carboxylic acids is 1. The summed E-state index contributed by atoms with van der Waals surface area (Å²) in [5.74, 6) is 1.80. The number of aromatic nitrogens is 4. The molecule has 4 aromatic rings. The number of rotatable bonds is 5. The highest BCUT2D eigenvalue weighted by molar-refractivity contribution is 5.98. The normalized spacial score (nSPS) is 15.4. The molecule has 5 rings (SSSR count). The van der Waals surface area contributed by atoms with Gasteiger partial charge < -0.3 is 4.74 Å². The van der Waals surface area contributed by atoms with Crippen molar-refractivity contribution >= 4 is 28.6 Å². The summed E-state index contributed by atoms with van der Waals surface area (Å²) in [5.41, 5.74) is 5.36. The van der Waals surface area contributed by atoms with Crippen LogP contribution in [0.3, 0.4) is 0 Å². The molecule has 166 valence electrons. The van der Waals surface area contributed by atoms with Crippen LogP contribution in [0.4, 0.5) is 11.9 Å². The zero-order valence-corrected chi connectivity index (χ0v) is 18.9. The van der Waals surface area contributed by atoms with Gasteiger partial charge in [-0.15, -0.1) is 0 Å². The van der Waals surface area contributed by atoms with Crippen molar-refractivity contribution in [3.05, 3.63) is 76.7 Å². The van der Waals surface area contributed by atoms with Gasteiger partial charge in [-0.05, 0) is 56.9 Å². The van der Waals surface area contributed by atoms with E-state index in [4.69, 9.17) is 4.74 Å². The van der Waals surface area contributed by atoms with E-state index < -0.39 is 0 Å². The van der Waals surface area contributed by atoms with Crippen LogP contribution in [0, 0.1) is 13.8 Å². The molecule has 1 aliphatic rings. The second-order valence-electron chi connectivity index (χ2n) is 8.36. The average molecular weight is 440 g/mol. The maximum Gasteiger partial charge on any atom is 0.230 e. The van der Waals surface area contributed by atoms with Crippen LogP contribution < -0.4 is 10.1 Å². The molecule has 0 saturated carbocycles. The summed E-state index contributed by atoms with van der Waals surface area (Å²) >= 11 is 0. The molecule has 0 radical (unpaired) electrons. The van der Waals surface area contributed by atoms with Crippen LogP contribution in [0.2, 0.25) is 0 Å². The summed E-state index contributed by atoms with van der Waals surface area (Å²) in [7, 11) is 0. The molecule has 0 spiro atoms. The summed E-state index contributed by atoms with van der Waals surface area (Å²) in [6.07, 6.45) is 2.78. The molecule has 2 aromatic carbocycles. The Morgan fingerprint density at radius 1 is 1.00 bits per heavy atom. The Kier molecular flexibility index (Phi) is 5.46. The van der Waals surface area contributed by atoms with Crippen molar-refractivity contribution in [2.75, 3.05) is 11.9 Å². The van der Waals surface area contributed by atoms with E-state index in [0.717, 1.165) is 33.6 Å². The molecule has 0 bridgehead atoms. The Balaban J connectivity index is 1.42. The molecule has 0 amide bonds. The second kappa shape index (κ2) is 8.58. The van der Waals surface area contributed by atoms with Gasteiger partial charge >= 0.3 is 0 Å². The molecular formula is C26H25N5O2. The monoisotopic (exact) mass is 439 g/mol. The first-order valence-electron chi connectivity index (χ1n) is 11.1. The second-order valence-corrected chi connectivity index (χ2v) is 8.36. The zero-order chi connectivity index (χ0) is 22.9. The molecular weight excluding hydrogens is 414 g/mol. The molecule has 1 aliphatic carbocycles. The topological polar surface area (TPSA) is 89.9 Å². The van der Waals surface area contributed by atoms with E-state index in [1.807, 2.05) is 32.0 Å². The lowest BCUT2D eigenvalue weighted by Crippen LogP contribution is -2.21. The molecule has 7 nitrogen and oxygen atoms in total. The smallest absolute Gasteiger partial charge is 0.230 e. The number of Topliss-reactive ketones (excluding diaryl/α,β-unsaturated/α-hetero) is 1. The van der Waals surface area contributed by atoms with Crippen molar-refractivity contribution in [2.45, 2.75) is 39.5 Å². The van der Waals surface area contributed by atoms with Crippen molar-refractivity contribution in [3.8, 4) is 5.75 Å². The highest BCUT2D eigenvalue weighted by atomic mass is 16.5. The Morgan fingerprint density at radius 3 is 2.61 bits per heavy atom. The SMILES string of the molecule is CCOc1ccc2nc(Nc3ncc4c(n3)C[C@H](c3ccc(C)cc3)CC4=O)nc(C)c2c1. The number of carbonyl (C=O) groups is 1. The predicted molar refractivity (Wildman–Crippen MR) is 127 cm³/mol. The Hall–Kier alpha value is -3.87. The van der Waals surface area contributed by atoms with Crippen LogP contribution >= 0.6 is 0 Å². The minimum atomic E-state index is 0.0799. The maximum absolute atomic E-state index is 12.7. The third-order valence-corrected chi connectivity index (χ3v) is 5.98. The minimum absolute atomic E-state index is 0.0799. The van der Waals surface area contributed by atoms with Crippen LogP contribution in [-0.4, -0.2) is 32.3 Å². The Labute approximate surface area is 192 Å². The maximum atomic E-state index is 12.7. The molecule has 7 heteroatoms. The van der Waals surface area contributed by atoms with Crippen molar-refractivity contribution in [1.29, 1.82) is 0 Å². The fourth-order valence-corrected chi connectivity index (χ4v) is 4.25. The summed E-state index contributed by atoms with van der Waals surface area (Å²) < 4.78 is 5.58. The van der Waals surface area contributed by atoms with E-state index in [1.165, 1.54) is 5.56 Å². The summed E-state index contributed by atoms with van der Waals surface area (Å²) in [4.78, 5) is 30.9. The van der Waals surface area contributed by atoms with Crippen molar-refractivity contribution in [3.63, 3.8) is 0 Å². The van der Waals surface area contributed by atoms with E-state index in [1.54, 1.807) is 6.20 Å². The fraction of sp³-hybridized carbons (Fsp3) is 0.269. The number of ketones is 1. The number of fused-ring (bicyclic) bond motifs is 2. The molecule has 2 heterocycles. The number of aryl methyl sites for hydroxylation is 2. The largest absolute Gasteiger partial charge is 0.494 e. The lowest BCUT2D eigenvalue weighted by molar-refractivity contribution is 0.0962. The van der Waals surface area contributed by atoms with E-state index in [-0.39, 0.29) is 11.7 Å². The van der Waals surface area contributed by atoms with Gasteiger partial charge in [0.1, 0.15) is 5.75 Å². The van der Waals surface area contributed by atoms with Gasteiger partial charge in [-0.2, -0.15) is 0 Å². The van der Waals surface area contributed by atoms with Crippen LogP contribution in [-0.2, 0) is 6.42 Å². The van der Waals surface area contributed by atoms with Crippen LogP contribution in [0.5, 0.6) is 5.75 Å². The summed E-state index contributed by atoms with van der Waals surface area (Å²) in [6.45, 7) is 6.55. The number of nitrogens with one attached hydrogen (secondary N) is 1. The van der Waals surface area contributed by atoms with Crippen LogP contribution in [0.25, 0.3) is 10.9 Å². The molecule has 0 fully saturated rings. The van der Waals surface area contributed by atoms with Crippen molar-refractivity contribution < 1.29 is 9.53 Å². The number of hydrogen-bond acceptors (Lipinski definition) is 7. The summed E-state index contributed by atoms with van der Waals surface area (Å²) in [5, 5.41) is 4.05. The first kappa shape index (κ1) is 21.0. The lowest BCUT2D eigenvalue weighted by atomic mass is 9.82. The molecule has 2 aromatic heterocycles. The van der Waals surface area contributed by atoms with Crippen LogP contribution in [0.15, 0.2) is 48.7 Å². The van der Waals surface area contributed by atoms with Gasteiger partial charge in [-0.3, -0.25) is 10.1 Å². The lowest BCUT2D eigenvalue weighted by Gasteiger charge is -2.23. The molecule has 1 N–H and O–H groups in total. The van der Waals surface area contributed by atoms with Gasteiger partial charge in [-0.25, -0.2) is 19.9 Å². The van der Waals surface area contributed by atoms with Crippen molar-refractivity contribution in [2.24, 2.45) is 0 Å². The first-order valence-corrected chi connectivity index (χ1v) is 11.1. The van der Waals surface area contributed by atoms with Gasteiger partial charge in [0.25, 0.3) is 0 Å². The van der Waals surface area contributed by atoms with E-state index in [0.29, 0.717) is 36.9 Å². The standard InChI is InChI=1S/C26H25N5O2/c1-4-33-19-9-10-22-20(13-19)16(3)28-26(29-22)31-25-27-14-21-23(30-25)11-18(12-24(21)32)17-7-5-15(2)6-8-17/h5-10,13-14,18H,4,11-12H2,1-3H3,(H,27,28,29,30,31)/t18-/m0/s1. The minimum Gasteiger partial charge on any atom is -0.494 e. The number of anilines is 2. The summed E-state index contributed by atoms with van der Waals surface area (Å²) in [6, 6.07) is 14.1. The predicted octanol–water partition coefficient (Wildman–Crippen LogP) is 5.09. The van der Waals surface area contributed by atoms with E-state index in [2.05, 4.69) is 56.4 Å². The zero-order valence-electron chi connectivity index (χ0n) is 18.9. The average Bonchev–Trinajstić information content (AvgIpc) is 2.80. The van der Waals surface area contributed by atoms with E-state index >= 15 is 0 Å². The molecule has 0 aliphatic heterocycles. The van der Waals surface area contributed by atoms with Gasteiger partial charge in [0.05, 0.1) is 29.1 Å². The molecule has 0 saturated heterocycles. The van der Waals surface area contributed by atoms with Crippen LogP contribution in [0.1, 0.15) is 52.1 Å². The fourth-order valence-electron chi connectivity index (χ4n) is 4.25. The van der Waals surface area contributed by atoms with E-state index in [9.17, 15) is 4.79 Å². The molecule has 33 heavy (non-hydrogen) atoms. The third-order valence-electron chi connectivity index (χ3n) is 5.98. The number of ether oxygens (including phenoxy) is 1. The highest BCUT2D eigenvalue weighted by Gasteiger charge is 2.28. The highest BCUT2D eigenvalue weighted by Crippen LogP contribution is 2.32. The molecule has 0 unspecified atom stereocenters. The van der Waals surface area contributed by atoms with Gasteiger partial charge in [0.15, 0.2) is 5.78 Å². The Bertz CT molecular complexity index is 1350. The number of hydrogen-bond donors (Lipinski definition) is 1. The molecule has 1 atom stereocenters. The first-order chi connectivity index (χ1) is 16.0.